The van der Waals surface area contributed by atoms with E-state index in [0.717, 1.165) is 17.9 Å². The van der Waals surface area contributed by atoms with Crippen molar-refractivity contribution in [1.82, 2.24) is 0 Å². The highest BCUT2D eigenvalue weighted by atomic mass is 16.6. The van der Waals surface area contributed by atoms with Crippen molar-refractivity contribution in [1.29, 1.82) is 0 Å². The predicted octanol–water partition coefficient (Wildman–Crippen LogP) is 1.57. The van der Waals surface area contributed by atoms with Crippen molar-refractivity contribution in [3.05, 3.63) is 29.3 Å². The predicted molar refractivity (Wildman–Crippen MR) is 49.3 cm³/mol. The van der Waals surface area contributed by atoms with Gasteiger partial charge in [-0.2, -0.15) is 0 Å². The van der Waals surface area contributed by atoms with E-state index in [1.165, 1.54) is 5.56 Å². The van der Waals surface area contributed by atoms with E-state index in [4.69, 9.17) is 10.6 Å². The Labute approximate surface area is 77.4 Å². The first-order chi connectivity index (χ1) is 6.31. The molecule has 1 aliphatic heterocycles. The third kappa shape index (κ3) is 1.53. The largest absolute Gasteiger partial charge is 0.493 e. The average Bonchev–Trinajstić information content (AvgIpc) is 2.49. The van der Waals surface area contributed by atoms with Crippen LogP contribution in [0, 0.1) is 0 Å². The Balaban J connectivity index is 2.31. The lowest BCUT2D eigenvalue weighted by molar-refractivity contribution is 0.124. The summed E-state index contributed by atoms with van der Waals surface area (Å²) < 4.78 is 5.47. The van der Waals surface area contributed by atoms with Gasteiger partial charge in [-0.15, -0.1) is 0 Å². The van der Waals surface area contributed by atoms with E-state index >= 15 is 0 Å². The maximum absolute atomic E-state index is 5.47. The molecule has 0 saturated heterocycles. The van der Waals surface area contributed by atoms with Gasteiger partial charge in [0.05, 0.1) is 13.2 Å². The van der Waals surface area contributed by atoms with Crippen molar-refractivity contribution >= 4 is 0 Å². The molecular weight excluding hydrogens is 166 g/mol. The van der Waals surface area contributed by atoms with Gasteiger partial charge in [0.15, 0.2) is 0 Å². The molecule has 0 bridgehead atoms. The quantitative estimate of drug-likeness (QED) is 0.701. The van der Waals surface area contributed by atoms with Crippen LogP contribution in [0.5, 0.6) is 5.75 Å². The highest BCUT2D eigenvalue weighted by molar-refractivity contribution is 5.42. The van der Waals surface area contributed by atoms with Gasteiger partial charge in [0.2, 0.25) is 0 Å². The van der Waals surface area contributed by atoms with E-state index in [9.17, 15) is 0 Å². The van der Waals surface area contributed by atoms with Crippen molar-refractivity contribution < 1.29 is 9.57 Å². The second-order valence-corrected chi connectivity index (χ2v) is 3.40. The first-order valence-electron chi connectivity index (χ1n) is 4.38. The normalized spacial score (nSPS) is 19.7. The zero-order valence-electron chi connectivity index (χ0n) is 7.62. The van der Waals surface area contributed by atoms with Gasteiger partial charge in [-0.3, -0.25) is 4.84 Å². The fourth-order valence-corrected chi connectivity index (χ4v) is 1.61. The van der Waals surface area contributed by atoms with E-state index in [2.05, 4.69) is 17.8 Å². The standard InChI is InChI=1S/C10H13NO2/c1-7-5-12-10-3-2-8(6-13-11)4-9(7)10/h2-4,7H,5-6,11H2,1H3. The third-order valence-electron chi connectivity index (χ3n) is 2.34. The highest BCUT2D eigenvalue weighted by Gasteiger charge is 2.19. The summed E-state index contributed by atoms with van der Waals surface area (Å²) in [5.41, 5.74) is 2.35. The van der Waals surface area contributed by atoms with Crippen molar-refractivity contribution in [2.75, 3.05) is 6.61 Å². The summed E-state index contributed by atoms with van der Waals surface area (Å²) in [6.07, 6.45) is 0. The van der Waals surface area contributed by atoms with E-state index in [1.54, 1.807) is 0 Å². The molecule has 1 unspecified atom stereocenters. The molecular formula is C10H13NO2. The van der Waals surface area contributed by atoms with Crippen LogP contribution in [0.1, 0.15) is 24.0 Å². The Morgan fingerprint density at radius 2 is 2.46 bits per heavy atom. The Kier molecular flexibility index (Phi) is 2.20. The number of hydrogen-bond acceptors (Lipinski definition) is 3. The molecule has 1 aromatic carbocycles. The average molecular weight is 179 g/mol. The molecule has 0 fully saturated rings. The Morgan fingerprint density at radius 3 is 3.23 bits per heavy atom. The molecule has 1 heterocycles. The van der Waals surface area contributed by atoms with Crippen LogP contribution < -0.4 is 10.6 Å². The number of fused-ring (bicyclic) bond motifs is 1. The topological polar surface area (TPSA) is 44.5 Å². The summed E-state index contributed by atoms with van der Waals surface area (Å²) in [4.78, 5) is 4.58. The first kappa shape index (κ1) is 8.53. The SMILES string of the molecule is CC1COc2ccc(CON)cc21. The number of benzene rings is 1. The molecule has 3 nitrogen and oxygen atoms in total. The molecule has 0 saturated carbocycles. The number of hydrogen-bond donors (Lipinski definition) is 1. The van der Waals surface area contributed by atoms with Crippen molar-refractivity contribution in [2.45, 2.75) is 19.4 Å². The Morgan fingerprint density at radius 1 is 1.62 bits per heavy atom. The lowest BCUT2D eigenvalue weighted by Gasteiger charge is -2.03. The van der Waals surface area contributed by atoms with Crippen LogP contribution in [-0.4, -0.2) is 6.61 Å². The number of ether oxygens (including phenoxy) is 1. The molecule has 1 aliphatic rings. The minimum atomic E-state index is 0.458. The summed E-state index contributed by atoms with van der Waals surface area (Å²) in [6, 6.07) is 6.05. The highest BCUT2D eigenvalue weighted by Crippen LogP contribution is 2.33. The van der Waals surface area contributed by atoms with Crippen LogP contribution >= 0.6 is 0 Å². The second kappa shape index (κ2) is 3.36. The van der Waals surface area contributed by atoms with Crippen LogP contribution in [0.4, 0.5) is 0 Å². The van der Waals surface area contributed by atoms with Gasteiger partial charge in [-0.25, -0.2) is 5.90 Å². The zero-order valence-corrected chi connectivity index (χ0v) is 7.62. The Hall–Kier alpha value is -1.06. The second-order valence-electron chi connectivity index (χ2n) is 3.40. The summed E-state index contributed by atoms with van der Waals surface area (Å²) >= 11 is 0. The van der Waals surface area contributed by atoms with Crippen LogP contribution in [-0.2, 0) is 11.4 Å². The van der Waals surface area contributed by atoms with Crippen molar-refractivity contribution in [3.8, 4) is 5.75 Å². The fraction of sp³-hybridized carbons (Fsp3) is 0.400. The van der Waals surface area contributed by atoms with Crippen LogP contribution in [0.25, 0.3) is 0 Å². The lowest BCUT2D eigenvalue weighted by atomic mass is 10.0. The smallest absolute Gasteiger partial charge is 0.122 e. The maximum atomic E-state index is 5.47. The third-order valence-corrected chi connectivity index (χ3v) is 2.34. The molecule has 0 aromatic heterocycles. The molecule has 70 valence electrons. The molecule has 2 N–H and O–H groups in total. The molecule has 0 spiro atoms. The molecule has 2 rings (SSSR count). The van der Waals surface area contributed by atoms with Gasteiger partial charge in [0.1, 0.15) is 5.75 Å². The Bertz CT molecular complexity index is 312. The van der Waals surface area contributed by atoms with E-state index in [-0.39, 0.29) is 0 Å². The summed E-state index contributed by atoms with van der Waals surface area (Å²) in [6.45, 7) is 3.39. The number of rotatable bonds is 2. The van der Waals surface area contributed by atoms with Crippen LogP contribution in [0.2, 0.25) is 0 Å². The molecule has 0 radical (unpaired) electrons. The molecule has 1 aromatic rings. The molecule has 3 heteroatoms. The van der Waals surface area contributed by atoms with Crippen molar-refractivity contribution in [3.63, 3.8) is 0 Å². The summed E-state index contributed by atoms with van der Waals surface area (Å²) in [7, 11) is 0. The van der Waals surface area contributed by atoms with Gasteiger partial charge in [-0.1, -0.05) is 13.0 Å². The van der Waals surface area contributed by atoms with E-state index in [1.807, 2.05) is 12.1 Å². The lowest BCUT2D eigenvalue weighted by Crippen LogP contribution is -1.99. The van der Waals surface area contributed by atoms with Gasteiger partial charge in [0.25, 0.3) is 0 Å². The molecule has 1 atom stereocenters. The molecule has 0 aliphatic carbocycles. The van der Waals surface area contributed by atoms with Crippen LogP contribution in [0.15, 0.2) is 18.2 Å². The molecule has 13 heavy (non-hydrogen) atoms. The minimum absolute atomic E-state index is 0.458. The van der Waals surface area contributed by atoms with Gasteiger partial charge in [0, 0.05) is 11.5 Å². The maximum Gasteiger partial charge on any atom is 0.122 e. The summed E-state index contributed by atoms with van der Waals surface area (Å²) in [5, 5.41) is 0. The fourth-order valence-electron chi connectivity index (χ4n) is 1.61. The van der Waals surface area contributed by atoms with Gasteiger partial charge < -0.3 is 4.74 Å². The monoisotopic (exact) mass is 179 g/mol. The number of nitrogens with two attached hydrogens (primary N) is 1. The minimum Gasteiger partial charge on any atom is -0.493 e. The van der Waals surface area contributed by atoms with E-state index in [0.29, 0.717) is 12.5 Å². The van der Waals surface area contributed by atoms with Gasteiger partial charge in [-0.05, 0) is 17.7 Å². The first-order valence-corrected chi connectivity index (χ1v) is 4.38. The van der Waals surface area contributed by atoms with Gasteiger partial charge >= 0.3 is 0 Å². The van der Waals surface area contributed by atoms with Crippen molar-refractivity contribution in [2.24, 2.45) is 5.90 Å². The summed E-state index contributed by atoms with van der Waals surface area (Å²) in [5.74, 6) is 6.48. The zero-order chi connectivity index (χ0) is 9.26. The van der Waals surface area contributed by atoms with Crippen LogP contribution in [0.3, 0.4) is 0 Å². The van der Waals surface area contributed by atoms with E-state index < -0.39 is 0 Å². The molecule has 0 amide bonds.